The van der Waals surface area contributed by atoms with Crippen LogP contribution in [-0.2, 0) is 4.79 Å². The van der Waals surface area contributed by atoms with Gasteiger partial charge in [0.1, 0.15) is 6.54 Å². The third kappa shape index (κ3) is 7.63. The summed E-state index contributed by atoms with van der Waals surface area (Å²) >= 11 is 0. The highest BCUT2D eigenvalue weighted by Gasteiger charge is 2.23. The molecule has 0 aliphatic rings. The van der Waals surface area contributed by atoms with E-state index in [1.54, 1.807) is 6.08 Å². The van der Waals surface area contributed by atoms with E-state index in [4.69, 9.17) is 0 Å². The van der Waals surface area contributed by atoms with Crippen LogP contribution in [0, 0.1) is 0 Å². The molecule has 0 atom stereocenters. The highest BCUT2D eigenvalue weighted by atomic mass is 16.3. The van der Waals surface area contributed by atoms with Gasteiger partial charge in [0.2, 0.25) is 5.91 Å². The van der Waals surface area contributed by atoms with Gasteiger partial charge in [-0.1, -0.05) is 25.8 Å². The summed E-state index contributed by atoms with van der Waals surface area (Å²) in [5.74, 6) is 0.114. The number of unbranched alkanes of at least 4 members (excludes halogenated alkanes) is 2. The van der Waals surface area contributed by atoms with E-state index in [0.717, 1.165) is 63.0 Å². The molecular weight excluding hydrogens is 264 g/mol. The topological polar surface area (TPSA) is 40.5 Å². The van der Waals surface area contributed by atoms with Gasteiger partial charge in [0.05, 0.1) is 32.8 Å². The predicted octanol–water partition coefficient (Wildman–Crippen LogP) is 2.43. The van der Waals surface area contributed by atoms with Crippen molar-refractivity contribution in [1.29, 1.82) is 0 Å². The molecule has 0 fully saturated rings. The van der Waals surface area contributed by atoms with E-state index >= 15 is 0 Å². The van der Waals surface area contributed by atoms with Crippen molar-refractivity contribution in [2.75, 3.05) is 45.9 Å². The maximum Gasteiger partial charge on any atom is 0.246 e. The molecule has 4 nitrogen and oxygen atoms in total. The maximum atomic E-state index is 12.2. The fourth-order valence-electron chi connectivity index (χ4n) is 2.55. The number of hydrogen-bond donors (Lipinski definition) is 1. The van der Waals surface area contributed by atoms with Crippen molar-refractivity contribution in [3.63, 3.8) is 0 Å². The molecule has 0 aliphatic heterocycles. The van der Waals surface area contributed by atoms with Gasteiger partial charge in [-0.2, -0.15) is 0 Å². The lowest BCUT2D eigenvalue weighted by molar-refractivity contribution is -0.924. The number of carbonyl (C=O) groups is 1. The van der Waals surface area contributed by atoms with E-state index in [2.05, 4.69) is 20.8 Å². The molecular formula is C17H35N2O2+. The summed E-state index contributed by atoms with van der Waals surface area (Å²) in [7, 11) is 0. The maximum absolute atomic E-state index is 12.2. The van der Waals surface area contributed by atoms with Crippen molar-refractivity contribution >= 4 is 5.91 Å². The summed E-state index contributed by atoms with van der Waals surface area (Å²) in [6, 6.07) is 0. The van der Waals surface area contributed by atoms with Crippen LogP contribution in [0.4, 0.5) is 0 Å². The Morgan fingerprint density at radius 2 is 1.81 bits per heavy atom. The standard InChI is InChI=1S/C17H35N2O2/c1-5-9-10-11-12-17(21)18(6-2)13-14-19(7-3,8-4)15-16-20/h11-12,20H,5-10,13-16H2,1-4H3/q+1/b12-11+. The van der Waals surface area contributed by atoms with Crippen LogP contribution in [0.5, 0.6) is 0 Å². The van der Waals surface area contributed by atoms with Crippen LogP contribution in [0.3, 0.4) is 0 Å². The molecule has 4 heteroatoms. The fraction of sp³-hybridized carbons (Fsp3) is 0.824. The van der Waals surface area contributed by atoms with Crippen LogP contribution in [0.1, 0.15) is 47.0 Å². The van der Waals surface area contributed by atoms with Gasteiger partial charge in [-0.3, -0.25) is 4.79 Å². The van der Waals surface area contributed by atoms with Crippen LogP contribution < -0.4 is 0 Å². The van der Waals surface area contributed by atoms with E-state index in [9.17, 15) is 9.90 Å². The highest BCUT2D eigenvalue weighted by Crippen LogP contribution is 2.07. The van der Waals surface area contributed by atoms with E-state index in [1.807, 2.05) is 17.9 Å². The van der Waals surface area contributed by atoms with Crippen molar-refractivity contribution in [1.82, 2.24) is 4.90 Å². The number of nitrogens with zero attached hydrogens (tertiary/aromatic N) is 2. The number of carbonyl (C=O) groups excluding carboxylic acids is 1. The first kappa shape index (κ1) is 20.1. The van der Waals surface area contributed by atoms with Crippen molar-refractivity contribution in [2.24, 2.45) is 0 Å². The molecule has 0 radical (unpaired) electrons. The Bertz CT molecular complexity index is 299. The second-order valence-corrected chi connectivity index (χ2v) is 5.61. The van der Waals surface area contributed by atoms with Gasteiger partial charge in [0, 0.05) is 6.54 Å². The minimum atomic E-state index is 0.114. The molecule has 0 aliphatic carbocycles. The molecule has 0 aromatic carbocycles. The third-order valence-electron chi connectivity index (χ3n) is 4.44. The summed E-state index contributed by atoms with van der Waals surface area (Å²) in [5, 5.41) is 9.26. The van der Waals surface area contributed by atoms with Gasteiger partial charge in [-0.25, -0.2) is 0 Å². The summed E-state index contributed by atoms with van der Waals surface area (Å²) in [6.07, 6.45) is 6.98. The van der Waals surface area contributed by atoms with Crippen LogP contribution in [-0.4, -0.2) is 66.3 Å². The Morgan fingerprint density at radius 1 is 1.14 bits per heavy atom. The number of likely N-dealkylation sites (N-methyl/N-ethyl adjacent to an activating group) is 2. The number of aliphatic hydroxyl groups is 1. The average Bonchev–Trinajstić information content (AvgIpc) is 2.51. The molecule has 0 spiro atoms. The van der Waals surface area contributed by atoms with Crippen LogP contribution in [0.15, 0.2) is 12.2 Å². The molecule has 0 unspecified atom stereocenters. The molecule has 0 saturated carbocycles. The largest absolute Gasteiger partial charge is 0.391 e. The molecule has 0 heterocycles. The predicted molar refractivity (Wildman–Crippen MR) is 89.1 cm³/mol. The zero-order valence-corrected chi connectivity index (χ0v) is 14.5. The van der Waals surface area contributed by atoms with Gasteiger partial charge >= 0.3 is 0 Å². The SMILES string of the molecule is CCCC/C=C/C(=O)N(CC)CC[N+](CC)(CC)CCO. The molecule has 21 heavy (non-hydrogen) atoms. The lowest BCUT2D eigenvalue weighted by atomic mass is 10.2. The Balaban J connectivity index is 4.47. The average molecular weight is 299 g/mol. The second-order valence-electron chi connectivity index (χ2n) is 5.61. The summed E-state index contributed by atoms with van der Waals surface area (Å²) in [4.78, 5) is 14.1. The second kappa shape index (κ2) is 11.8. The molecule has 1 N–H and O–H groups in total. The van der Waals surface area contributed by atoms with Crippen LogP contribution in [0.25, 0.3) is 0 Å². The molecule has 124 valence electrons. The molecule has 1 amide bonds. The van der Waals surface area contributed by atoms with Gasteiger partial charge in [0.15, 0.2) is 0 Å². The first-order chi connectivity index (χ1) is 10.1. The van der Waals surface area contributed by atoms with Gasteiger partial charge < -0.3 is 14.5 Å². The van der Waals surface area contributed by atoms with E-state index in [-0.39, 0.29) is 12.5 Å². The van der Waals surface area contributed by atoms with E-state index < -0.39 is 0 Å². The third-order valence-corrected chi connectivity index (χ3v) is 4.44. The number of rotatable bonds is 12. The molecule has 0 rings (SSSR count). The van der Waals surface area contributed by atoms with Crippen molar-refractivity contribution in [2.45, 2.75) is 47.0 Å². The Labute approximate surface area is 131 Å². The lowest BCUT2D eigenvalue weighted by Gasteiger charge is -2.37. The normalized spacial score (nSPS) is 12.0. The van der Waals surface area contributed by atoms with Crippen molar-refractivity contribution < 1.29 is 14.4 Å². The van der Waals surface area contributed by atoms with Gasteiger partial charge in [-0.15, -0.1) is 0 Å². The Kier molecular flexibility index (Phi) is 11.3. The summed E-state index contributed by atoms with van der Waals surface area (Å²) < 4.78 is 0.875. The molecule has 0 aromatic rings. The first-order valence-corrected chi connectivity index (χ1v) is 8.50. The molecule has 0 bridgehead atoms. The monoisotopic (exact) mass is 299 g/mol. The number of aliphatic hydroxyl groups excluding tert-OH is 1. The molecule has 0 saturated heterocycles. The molecule has 0 aromatic heterocycles. The lowest BCUT2D eigenvalue weighted by Crippen LogP contribution is -2.53. The smallest absolute Gasteiger partial charge is 0.246 e. The first-order valence-electron chi connectivity index (χ1n) is 8.50. The summed E-state index contributed by atoms with van der Waals surface area (Å²) in [6.45, 7) is 13.9. The minimum absolute atomic E-state index is 0.114. The fourth-order valence-corrected chi connectivity index (χ4v) is 2.55. The quantitative estimate of drug-likeness (QED) is 0.341. The highest BCUT2D eigenvalue weighted by molar-refractivity contribution is 5.87. The van der Waals surface area contributed by atoms with Crippen LogP contribution >= 0.6 is 0 Å². The zero-order valence-electron chi connectivity index (χ0n) is 14.5. The van der Waals surface area contributed by atoms with E-state index in [1.165, 1.54) is 0 Å². The zero-order chi connectivity index (χ0) is 16.1. The summed E-state index contributed by atoms with van der Waals surface area (Å²) in [5.41, 5.74) is 0. The van der Waals surface area contributed by atoms with Crippen molar-refractivity contribution in [3.8, 4) is 0 Å². The number of allylic oxidation sites excluding steroid dienone is 1. The Morgan fingerprint density at radius 3 is 2.29 bits per heavy atom. The van der Waals surface area contributed by atoms with Crippen molar-refractivity contribution in [3.05, 3.63) is 12.2 Å². The van der Waals surface area contributed by atoms with Gasteiger partial charge in [-0.05, 0) is 33.3 Å². The minimum Gasteiger partial charge on any atom is -0.391 e. The van der Waals surface area contributed by atoms with Crippen LogP contribution in [0.2, 0.25) is 0 Å². The number of hydrogen-bond acceptors (Lipinski definition) is 2. The van der Waals surface area contributed by atoms with E-state index in [0.29, 0.717) is 0 Å². The van der Waals surface area contributed by atoms with Gasteiger partial charge in [0.25, 0.3) is 0 Å². The number of quaternary nitrogens is 1. The Hall–Kier alpha value is -0.870. The number of amides is 1.